The Balaban J connectivity index is 2.94. The first kappa shape index (κ1) is 15.3. The van der Waals surface area contributed by atoms with Gasteiger partial charge in [0.1, 0.15) is 11.6 Å². The molecule has 0 atom stereocenters. The quantitative estimate of drug-likeness (QED) is 0.638. The zero-order valence-electron chi connectivity index (χ0n) is 10.8. The highest BCUT2D eigenvalue weighted by Gasteiger charge is 2.34. The zero-order chi connectivity index (χ0) is 14.6. The Morgan fingerprint density at radius 2 is 2.00 bits per heavy atom. The van der Waals surface area contributed by atoms with E-state index >= 15 is 0 Å². The Bertz CT molecular complexity index is 456. The number of hydrogen-bond acceptors (Lipinski definition) is 2. The van der Waals surface area contributed by atoms with E-state index in [0.29, 0.717) is 18.3 Å². The maximum atomic E-state index is 12.7. The van der Waals surface area contributed by atoms with E-state index < -0.39 is 17.6 Å². The predicted molar refractivity (Wildman–Crippen MR) is 67.4 cm³/mol. The van der Waals surface area contributed by atoms with Gasteiger partial charge in [0.05, 0.1) is 12.2 Å². The fourth-order valence-corrected chi connectivity index (χ4v) is 1.50. The van der Waals surface area contributed by atoms with Crippen LogP contribution in [0.4, 0.5) is 13.2 Å². The SMILES string of the molecule is CC(C)CCOc1ccc(C(F)(F)F)c(C(=N)N)c1. The van der Waals surface area contributed by atoms with E-state index in [-0.39, 0.29) is 5.56 Å². The Morgan fingerprint density at radius 3 is 2.47 bits per heavy atom. The second kappa shape index (κ2) is 5.95. The van der Waals surface area contributed by atoms with Gasteiger partial charge >= 0.3 is 6.18 Å². The van der Waals surface area contributed by atoms with Gasteiger partial charge in [0.2, 0.25) is 0 Å². The minimum Gasteiger partial charge on any atom is -0.494 e. The van der Waals surface area contributed by atoms with Crippen molar-refractivity contribution in [2.45, 2.75) is 26.4 Å². The number of ether oxygens (including phenoxy) is 1. The lowest BCUT2D eigenvalue weighted by atomic mass is 10.1. The van der Waals surface area contributed by atoms with Crippen LogP contribution in [-0.4, -0.2) is 12.4 Å². The number of hydrogen-bond donors (Lipinski definition) is 2. The summed E-state index contributed by atoms with van der Waals surface area (Å²) >= 11 is 0. The van der Waals surface area contributed by atoms with Gasteiger partial charge in [-0.15, -0.1) is 0 Å². The molecule has 0 spiro atoms. The monoisotopic (exact) mass is 274 g/mol. The third-order valence-corrected chi connectivity index (χ3v) is 2.55. The highest BCUT2D eigenvalue weighted by Crippen LogP contribution is 2.33. The molecule has 0 saturated heterocycles. The van der Waals surface area contributed by atoms with E-state index in [9.17, 15) is 13.2 Å². The maximum absolute atomic E-state index is 12.7. The summed E-state index contributed by atoms with van der Waals surface area (Å²) in [5.41, 5.74) is 3.91. The number of nitrogens with two attached hydrogens (primary N) is 1. The van der Waals surface area contributed by atoms with Crippen molar-refractivity contribution in [3.05, 3.63) is 29.3 Å². The summed E-state index contributed by atoms with van der Waals surface area (Å²) in [6.45, 7) is 4.47. The van der Waals surface area contributed by atoms with Crippen LogP contribution in [0.3, 0.4) is 0 Å². The van der Waals surface area contributed by atoms with Crippen LogP contribution in [0.5, 0.6) is 5.75 Å². The zero-order valence-corrected chi connectivity index (χ0v) is 10.8. The first-order chi connectivity index (χ1) is 8.71. The fourth-order valence-electron chi connectivity index (χ4n) is 1.50. The topological polar surface area (TPSA) is 59.1 Å². The summed E-state index contributed by atoms with van der Waals surface area (Å²) in [6.07, 6.45) is -3.73. The molecule has 1 rings (SSSR count). The number of halogens is 3. The molecule has 0 bridgehead atoms. The summed E-state index contributed by atoms with van der Waals surface area (Å²) in [7, 11) is 0. The molecule has 0 aliphatic rings. The standard InChI is InChI=1S/C13H17F3N2O/c1-8(2)5-6-19-9-3-4-11(13(14,15)16)10(7-9)12(17)18/h3-4,7-8H,5-6H2,1-2H3,(H3,17,18). The number of nitrogens with one attached hydrogen (secondary N) is 1. The van der Waals surface area contributed by atoms with Crippen molar-refractivity contribution in [1.82, 2.24) is 0 Å². The average molecular weight is 274 g/mol. The first-order valence-electron chi connectivity index (χ1n) is 5.90. The van der Waals surface area contributed by atoms with Crippen LogP contribution in [0.1, 0.15) is 31.4 Å². The third kappa shape index (κ3) is 4.46. The lowest BCUT2D eigenvalue weighted by molar-refractivity contribution is -0.137. The number of rotatable bonds is 5. The van der Waals surface area contributed by atoms with Gasteiger partial charge in [-0.1, -0.05) is 13.8 Å². The molecule has 0 aliphatic heterocycles. The predicted octanol–water partition coefficient (Wildman–Crippen LogP) is 3.41. The van der Waals surface area contributed by atoms with E-state index in [0.717, 1.165) is 18.6 Å². The molecule has 0 radical (unpaired) electrons. The maximum Gasteiger partial charge on any atom is 0.417 e. The molecule has 3 nitrogen and oxygen atoms in total. The van der Waals surface area contributed by atoms with Crippen molar-refractivity contribution >= 4 is 5.84 Å². The summed E-state index contributed by atoms with van der Waals surface area (Å²) in [5.74, 6) is 0.113. The molecule has 1 aromatic rings. The van der Waals surface area contributed by atoms with E-state index in [1.165, 1.54) is 6.07 Å². The molecule has 0 heterocycles. The summed E-state index contributed by atoms with van der Waals surface area (Å²) in [4.78, 5) is 0. The first-order valence-corrected chi connectivity index (χ1v) is 5.90. The molecule has 3 N–H and O–H groups in total. The molecule has 0 fully saturated rings. The number of amidine groups is 1. The Hall–Kier alpha value is -1.72. The van der Waals surface area contributed by atoms with Gasteiger partial charge < -0.3 is 10.5 Å². The third-order valence-electron chi connectivity index (χ3n) is 2.55. The van der Waals surface area contributed by atoms with Crippen LogP contribution in [0, 0.1) is 11.3 Å². The van der Waals surface area contributed by atoms with E-state index in [4.69, 9.17) is 15.9 Å². The van der Waals surface area contributed by atoms with Crippen LogP contribution < -0.4 is 10.5 Å². The molecule has 0 unspecified atom stereocenters. The van der Waals surface area contributed by atoms with Gasteiger partial charge in [0.25, 0.3) is 0 Å². The van der Waals surface area contributed by atoms with Crippen molar-refractivity contribution in [2.24, 2.45) is 11.7 Å². The van der Waals surface area contributed by atoms with Gasteiger partial charge in [-0.25, -0.2) is 0 Å². The molecule has 1 aromatic carbocycles. The Morgan fingerprint density at radius 1 is 1.37 bits per heavy atom. The van der Waals surface area contributed by atoms with Crippen LogP contribution in [0.25, 0.3) is 0 Å². The molecule has 106 valence electrons. The van der Waals surface area contributed by atoms with Crippen molar-refractivity contribution < 1.29 is 17.9 Å². The Labute approximate surface area is 110 Å². The second-order valence-electron chi connectivity index (χ2n) is 4.65. The van der Waals surface area contributed by atoms with Gasteiger partial charge in [-0.05, 0) is 30.5 Å². The second-order valence-corrected chi connectivity index (χ2v) is 4.65. The van der Waals surface area contributed by atoms with Gasteiger partial charge in [0, 0.05) is 5.56 Å². The summed E-state index contributed by atoms with van der Waals surface area (Å²) in [6, 6.07) is 3.29. The van der Waals surface area contributed by atoms with E-state index in [2.05, 4.69) is 0 Å². The molecule has 6 heteroatoms. The van der Waals surface area contributed by atoms with Crippen molar-refractivity contribution in [2.75, 3.05) is 6.61 Å². The smallest absolute Gasteiger partial charge is 0.417 e. The lowest BCUT2D eigenvalue weighted by Gasteiger charge is -2.14. The molecule has 0 aromatic heterocycles. The van der Waals surface area contributed by atoms with Crippen molar-refractivity contribution in [3.63, 3.8) is 0 Å². The largest absolute Gasteiger partial charge is 0.494 e. The summed E-state index contributed by atoms with van der Waals surface area (Å²) < 4.78 is 43.5. The number of nitrogen functional groups attached to an aromatic ring is 1. The molecular formula is C13H17F3N2O. The molecular weight excluding hydrogens is 257 g/mol. The highest BCUT2D eigenvalue weighted by atomic mass is 19.4. The fraction of sp³-hybridized carbons (Fsp3) is 0.462. The van der Waals surface area contributed by atoms with Crippen molar-refractivity contribution in [3.8, 4) is 5.75 Å². The summed E-state index contributed by atoms with van der Waals surface area (Å²) in [5, 5.41) is 7.22. The minimum atomic E-state index is -4.53. The van der Waals surface area contributed by atoms with E-state index in [1.54, 1.807) is 0 Å². The van der Waals surface area contributed by atoms with Crippen LogP contribution in [0.2, 0.25) is 0 Å². The van der Waals surface area contributed by atoms with Crippen LogP contribution in [0.15, 0.2) is 18.2 Å². The van der Waals surface area contributed by atoms with Crippen molar-refractivity contribution in [1.29, 1.82) is 5.41 Å². The molecule has 0 amide bonds. The Kier molecular flexibility index (Phi) is 4.80. The average Bonchev–Trinajstić information content (AvgIpc) is 2.26. The molecule has 19 heavy (non-hydrogen) atoms. The van der Waals surface area contributed by atoms with Gasteiger partial charge in [-0.3, -0.25) is 5.41 Å². The molecule has 0 saturated carbocycles. The minimum absolute atomic E-state index is 0.291. The highest BCUT2D eigenvalue weighted by molar-refractivity contribution is 5.97. The van der Waals surface area contributed by atoms with Gasteiger partial charge in [0.15, 0.2) is 0 Å². The van der Waals surface area contributed by atoms with E-state index in [1.807, 2.05) is 13.8 Å². The van der Waals surface area contributed by atoms with Crippen LogP contribution >= 0.6 is 0 Å². The molecule has 0 aliphatic carbocycles. The van der Waals surface area contributed by atoms with Crippen LogP contribution in [-0.2, 0) is 6.18 Å². The number of alkyl halides is 3. The lowest BCUT2D eigenvalue weighted by Crippen LogP contribution is -2.19. The normalized spacial score (nSPS) is 11.7. The number of benzene rings is 1. The van der Waals surface area contributed by atoms with Gasteiger partial charge in [-0.2, -0.15) is 13.2 Å².